The average molecular weight is 252 g/mol. The van der Waals surface area contributed by atoms with Crippen molar-refractivity contribution < 1.29 is 14.6 Å². The zero-order valence-electron chi connectivity index (χ0n) is 11.6. The lowest BCUT2D eigenvalue weighted by molar-refractivity contribution is -0.161. The first-order valence-corrected chi connectivity index (χ1v) is 6.68. The van der Waals surface area contributed by atoms with Gasteiger partial charge < -0.3 is 14.6 Å². The molecule has 1 saturated heterocycles. The second-order valence-corrected chi connectivity index (χ2v) is 4.35. The highest BCUT2D eigenvalue weighted by atomic mass is 16.7. The fraction of sp³-hybridized carbons (Fsp3) is 0.600. The largest absolute Gasteiger partial charge is 0.394 e. The molecule has 1 N–H and O–H groups in total. The van der Waals surface area contributed by atoms with Crippen LogP contribution in [-0.2, 0) is 15.9 Å². The number of hydrogen-bond donors (Lipinski definition) is 1. The van der Waals surface area contributed by atoms with Crippen molar-refractivity contribution in [2.45, 2.75) is 45.5 Å². The molecule has 0 radical (unpaired) electrons. The zero-order valence-corrected chi connectivity index (χ0v) is 11.6. The van der Waals surface area contributed by atoms with Gasteiger partial charge in [0.1, 0.15) is 6.10 Å². The van der Waals surface area contributed by atoms with E-state index in [2.05, 4.69) is 12.1 Å². The molecule has 18 heavy (non-hydrogen) atoms. The van der Waals surface area contributed by atoms with Crippen LogP contribution in [0.15, 0.2) is 30.3 Å². The van der Waals surface area contributed by atoms with E-state index in [4.69, 9.17) is 14.6 Å². The average Bonchev–Trinajstić information content (AvgIpc) is 2.83. The monoisotopic (exact) mass is 252 g/mol. The second kappa shape index (κ2) is 7.52. The third-order valence-electron chi connectivity index (χ3n) is 2.90. The minimum absolute atomic E-state index is 0.0287. The van der Waals surface area contributed by atoms with Crippen LogP contribution in [0.25, 0.3) is 0 Å². The minimum atomic E-state index is -0.538. The predicted molar refractivity (Wildman–Crippen MR) is 72.4 cm³/mol. The van der Waals surface area contributed by atoms with Gasteiger partial charge in [-0.15, -0.1) is 0 Å². The second-order valence-electron chi connectivity index (χ2n) is 4.35. The molecule has 0 bridgehead atoms. The molecular weight excluding hydrogens is 228 g/mol. The third-order valence-corrected chi connectivity index (χ3v) is 2.90. The van der Waals surface area contributed by atoms with Gasteiger partial charge in [0.05, 0.1) is 13.2 Å². The van der Waals surface area contributed by atoms with E-state index < -0.39 is 5.79 Å². The number of ether oxygens (including phenoxy) is 2. The molecule has 0 aliphatic carbocycles. The van der Waals surface area contributed by atoms with Crippen LogP contribution in [0.2, 0.25) is 0 Å². The van der Waals surface area contributed by atoms with Gasteiger partial charge in [-0.3, -0.25) is 0 Å². The molecule has 3 nitrogen and oxygen atoms in total. The molecule has 1 aliphatic rings. The van der Waals surface area contributed by atoms with Gasteiger partial charge in [0.25, 0.3) is 0 Å². The summed E-state index contributed by atoms with van der Waals surface area (Å²) in [7, 11) is 0. The summed E-state index contributed by atoms with van der Waals surface area (Å²) >= 11 is 0. The standard InChI is InChI=1S/C13H18O3.C2H6/c1-13(15-10-12(9-14)16-13)8-7-11-5-3-2-4-6-11;1-2/h2-6,12,14H,7-10H2,1H3;1-2H3. The summed E-state index contributed by atoms with van der Waals surface area (Å²) in [6.07, 6.45) is 1.57. The number of hydrogen-bond acceptors (Lipinski definition) is 3. The summed E-state index contributed by atoms with van der Waals surface area (Å²) in [5, 5.41) is 8.98. The first-order chi connectivity index (χ1) is 8.72. The number of rotatable bonds is 4. The Bertz CT molecular complexity index is 326. The molecule has 1 fully saturated rings. The van der Waals surface area contributed by atoms with Gasteiger partial charge in [0.15, 0.2) is 5.79 Å². The van der Waals surface area contributed by atoms with E-state index in [0.29, 0.717) is 6.61 Å². The molecule has 1 aliphatic heterocycles. The van der Waals surface area contributed by atoms with Crippen LogP contribution in [0, 0.1) is 0 Å². The molecule has 102 valence electrons. The van der Waals surface area contributed by atoms with Gasteiger partial charge in [-0.2, -0.15) is 0 Å². The summed E-state index contributed by atoms with van der Waals surface area (Å²) in [6.45, 7) is 6.45. The molecule has 0 amide bonds. The first kappa shape index (κ1) is 15.2. The van der Waals surface area contributed by atoms with Crippen molar-refractivity contribution in [2.75, 3.05) is 13.2 Å². The smallest absolute Gasteiger partial charge is 0.166 e. The Morgan fingerprint density at radius 2 is 1.94 bits per heavy atom. The lowest BCUT2D eigenvalue weighted by Gasteiger charge is -2.23. The van der Waals surface area contributed by atoms with Gasteiger partial charge in [0, 0.05) is 6.42 Å². The lowest BCUT2D eigenvalue weighted by atomic mass is 10.1. The van der Waals surface area contributed by atoms with Crippen LogP contribution < -0.4 is 0 Å². The molecule has 1 aromatic carbocycles. The van der Waals surface area contributed by atoms with Gasteiger partial charge in [-0.05, 0) is 18.9 Å². The highest BCUT2D eigenvalue weighted by Gasteiger charge is 2.36. The molecule has 2 unspecified atom stereocenters. The Balaban J connectivity index is 0.000000771. The lowest BCUT2D eigenvalue weighted by Crippen LogP contribution is -2.28. The van der Waals surface area contributed by atoms with Crippen molar-refractivity contribution in [3.05, 3.63) is 35.9 Å². The van der Waals surface area contributed by atoms with Crippen LogP contribution in [0.4, 0.5) is 0 Å². The maximum atomic E-state index is 8.98. The number of aliphatic hydroxyl groups excluding tert-OH is 1. The Labute approximate surface area is 110 Å². The molecule has 2 rings (SSSR count). The van der Waals surface area contributed by atoms with E-state index in [1.807, 2.05) is 39.0 Å². The molecular formula is C15H24O3. The van der Waals surface area contributed by atoms with Crippen molar-refractivity contribution in [3.63, 3.8) is 0 Å². The fourth-order valence-electron chi connectivity index (χ4n) is 1.93. The van der Waals surface area contributed by atoms with Crippen molar-refractivity contribution in [3.8, 4) is 0 Å². The summed E-state index contributed by atoms with van der Waals surface area (Å²) < 4.78 is 11.2. The predicted octanol–water partition coefficient (Wildman–Crippen LogP) is 2.77. The minimum Gasteiger partial charge on any atom is -0.394 e. The SMILES string of the molecule is CC.CC1(CCc2ccccc2)OCC(CO)O1. The highest BCUT2D eigenvalue weighted by molar-refractivity contribution is 5.14. The number of aliphatic hydroxyl groups is 1. The van der Waals surface area contributed by atoms with Crippen LogP contribution in [0.5, 0.6) is 0 Å². The Hall–Kier alpha value is -0.900. The Morgan fingerprint density at radius 3 is 2.50 bits per heavy atom. The molecule has 0 saturated carbocycles. The maximum absolute atomic E-state index is 8.98. The van der Waals surface area contributed by atoms with Crippen molar-refractivity contribution in [2.24, 2.45) is 0 Å². The van der Waals surface area contributed by atoms with Gasteiger partial charge in [0.2, 0.25) is 0 Å². The number of aryl methyl sites for hydroxylation is 1. The van der Waals surface area contributed by atoms with Crippen LogP contribution >= 0.6 is 0 Å². The zero-order chi connectivity index (χ0) is 13.4. The van der Waals surface area contributed by atoms with Gasteiger partial charge in [-0.1, -0.05) is 44.2 Å². The van der Waals surface area contributed by atoms with Gasteiger partial charge in [-0.25, -0.2) is 0 Å². The van der Waals surface area contributed by atoms with Gasteiger partial charge >= 0.3 is 0 Å². The number of benzene rings is 1. The first-order valence-electron chi connectivity index (χ1n) is 6.68. The fourth-order valence-corrected chi connectivity index (χ4v) is 1.93. The van der Waals surface area contributed by atoms with Crippen LogP contribution in [0.1, 0.15) is 32.8 Å². The Morgan fingerprint density at radius 1 is 1.28 bits per heavy atom. The van der Waals surface area contributed by atoms with E-state index in [-0.39, 0.29) is 12.7 Å². The maximum Gasteiger partial charge on any atom is 0.166 e. The molecule has 0 spiro atoms. The molecule has 1 heterocycles. The summed E-state index contributed by atoms with van der Waals surface area (Å²) in [6, 6.07) is 10.3. The van der Waals surface area contributed by atoms with Crippen LogP contribution in [0.3, 0.4) is 0 Å². The van der Waals surface area contributed by atoms with E-state index in [1.54, 1.807) is 0 Å². The summed E-state index contributed by atoms with van der Waals surface area (Å²) in [4.78, 5) is 0. The normalized spacial score (nSPS) is 26.6. The summed E-state index contributed by atoms with van der Waals surface area (Å²) in [5.41, 5.74) is 1.28. The van der Waals surface area contributed by atoms with Crippen molar-refractivity contribution in [1.82, 2.24) is 0 Å². The molecule has 3 heteroatoms. The Kier molecular flexibility index (Phi) is 6.33. The molecule has 0 aromatic heterocycles. The highest BCUT2D eigenvalue weighted by Crippen LogP contribution is 2.27. The molecule has 1 aromatic rings. The van der Waals surface area contributed by atoms with E-state index in [9.17, 15) is 0 Å². The summed E-state index contributed by atoms with van der Waals surface area (Å²) in [5.74, 6) is -0.538. The van der Waals surface area contributed by atoms with E-state index in [0.717, 1.165) is 12.8 Å². The van der Waals surface area contributed by atoms with Crippen LogP contribution in [-0.4, -0.2) is 30.2 Å². The van der Waals surface area contributed by atoms with E-state index in [1.165, 1.54) is 5.56 Å². The van der Waals surface area contributed by atoms with Crippen molar-refractivity contribution in [1.29, 1.82) is 0 Å². The van der Waals surface area contributed by atoms with E-state index >= 15 is 0 Å². The molecule has 2 atom stereocenters. The quantitative estimate of drug-likeness (QED) is 0.895. The topological polar surface area (TPSA) is 38.7 Å². The van der Waals surface area contributed by atoms with Crippen molar-refractivity contribution >= 4 is 0 Å². The third kappa shape index (κ3) is 4.41.